The van der Waals surface area contributed by atoms with Crippen molar-refractivity contribution in [3.63, 3.8) is 0 Å². The van der Waals surface area contributed by atoms with Gasteiger partial charge in [-0.1, -0.05) is 0 Å². The fourth-order valence-corrected chi connectivity index (χ4v) is 1.90. The summed E-state index contributed by atoms with van der Waals surface area (Å²) < 4.78 is 3.43. The van der Waals surface area contributed by atoms with E-state index in [2.05, 4.69) is 15.6 Å². The van der Waals surface area contributed by atoms with Crippen LogP contribution in [0.25, 0.3) is 11.2 Å². The number of aromatic nitrogens is 4. The van der Waals surface area contributed by atoms with Gasteiger partial charge in [0.1, 0.15) is 6.54 Å². The van der Waals surface area contributed by atoms with Crippen LogP contribution >= 0.6 is 0 Å². The molecule has 0 aliphatic heterocycles. The van der Waals surface area contributed by atoms with Crippen molar-refractivity contribution in [1.29, 1.82) is 0 Å². The van der Waals surface area contributed by atoms with Gasteiger partial charge in [-0.2, -0.15) is 0 Å². The number of carbonyl (C=O) groups excluding carboxylic acids is 2. The van der Waals surface area contributed by atoms with Gasteiger partial charge in [0.25, 0.3) is 5.56 Å². The minimum atomic E-state index is -0.648. The van der Waals surface area contributed by atoms with E-state index in [1.165, 1.54) is 36.6 Å². The van der Waals surface area contributed by atoms with Crippen LogP contribution in [-0.2, 0) is 25.4 Å². The zero-order valence-electron chi connectivity index (χ0n) is 11.7. The lowest BCUT2D eigenvalue weighted by Gasteiger charge is -2.06. The number of urea groups is 1. The molecule has 0 saturated carbocycles. The molecule has 3 amide bonds. The number of carbonyl (C=O) groups is 2. The summed E-state index contributed by atoms with van der Waals surface area (Å²) in [6.07, 6.45) is 1.27. The predicted octanol–water partition coefficient (Wildman–Crippen LogP) is -2.11. The number of hydrogen-bond donors (Lipinski definition) is 2. The second-order valence-electron chi connectivity index (χ2n) is 4.38. The van der Waals surface area contributed by atoms with E-state index in [4.69, 9.17) is 0 Å². The Morgan fingerprint density at radius 2 is 1.90 bits per heavy atom. The van der Waals surface area contributed by atoms with Crippen LogP contribution in [0, 0.1) is 0 Å². The zero-order valence-corrected chi connectivity index (χ0v) is 11.7. The van der Waals surface area contributed by atoms with Crippen molar-refractivity contribution in [2.45, 2.75) is 6.54 Å². The van der Waals surface area contributed by atoms with Gasteiger partial charge in [0.05, 0.1) is 6.33 Å². The van der Waals surface area contributed by atoms with Crippen molar-refractivity contribution < 1.29 is 9.59 Å². The SMILES string of the molecule is CNC(=O)NC(=O)Cn1cnc2c1c(=O)n(C)c(=O)n2C. The average Bonchev–Trinajstić information content (AvgIpc) is 2.86. The Balaban J connectivity index is 2.48. The van der Waals surface area contributed by atoms with E-state index < -0.39 is 23.2 Å². The molecule has 0 fully saturated rings. The number of amides is 3. The highest BCUT2D eigenvalue weighted by molar-refractivity contribution is 5.94. The molecule has 0 unspecified atom stereocenters. The van der Waals surface area contributed by atoms with Crippen LogP contribution in [-0.4, -0.2) is 37.7 Å². The lowest BCUT2D eigenvalue weighted by Crippen LogP contribution is -2.40. The smallest absolute Gasteiger partial charge is 0.332 e. The van der Waals surface area contributed by atoms with Crippen LogP contribution in [0.3, 0.4) is 0 Å². The van der Waals surface area contributed by atoms with Crippen molar-refractivity contribution in [2.75, 3.05) is 7.05 Å². The molecule has 10 heteroatoms. The summed E-state index contributed by atoms with van der Waals surface area (Å²) in [6.45, 7) is -0.267. The van der Waals surface area contributed by atoms with Gasteiger partial charge in [-0.25, -0.2) is 14.6 Å². The van der Waals surface area contributed by atoms with Crippen LogP contribution in [0.5, 0.6) is 0 Å². The van der Waals surface area contributed by atoms with E-state index in [1.807, 2.05) is 0 Å². The summed E-state index contributed by atoms with van der Waals surface area (Å²) in [6, 6.07) is -0.648. The third-order valence-electron chi connectivity index (χ3n) is 3.01. The Morgan fingerprint density at radius 3 is 2.52 bits per heavy atom. The second kappa shape index (κ2) is 5.23. The Morgan fingerprint density at radius 1 is 1.24 bits per heavy atom. The molecular formula is C11H14N6O4. The Kier molecular flexibility index (Phi) is 3.61. The number of fused-ring (bicyclic) bond motifs is 1. The molecule has 0 bridgehead atoms. The summed E-state index contributed by atoms with van der Waals surface area (Å²) in [4.78, 5) is 50.6. The molecule has 0 aromatic carbocycles. The molecule has 2 rings (SSSR count). The Labute approximate surface area is 118 Å². The van der Waals surface area contributed by atoms with E-state index in [0.29, 0.717) is 0 Å². The molecule has 2 aromatic rings. The zero-order chi connectivity index (χ0) is 15.7. The van der Waals surface area contributed by atoms with Gasteiger partial charge in [-0.3, -0.25) is 24.0 Å². The summed E-state index contributed by atoms with van der Waals surface area (Å²) in [5.74, 6) is -0.607. The van der Waals surface area contributed by atoms with Crippen LogP contribution in [0.15, 0.2) is 15.9 Å². The lowest BCUT2D eigenvalue weighted by atomic mass is 10.4. The maximum atomic E-state index is 12.1. The highest BCUT2D eigenvalue weighted by atomic mass is 16.2. The van der Waals surface area contributed by atoms with Gasteiger partial charge in [-0.05, 0) is 0 Å². The molecule has 10 nitrogen and oxygen atoms in total. The van der Waals surface area contributed by atoms with Crippen molar-refractivity contribution in [2.24, 2.45) is 14.1 Å². The van der Waals surface area contributed by atoms with E-state index in [1.54, 1.807) is 0 Å². The average molecular weight is 294 g/mol. The highest BCUT2D eigenvalue weighted by Crippen LogP contribution is 2.04. The van der Waals surface area contributed by atoms with Crippen LogP contribution in [0.4, 0.5) is 4.79 Å². The van der Waals surface area contributed by atoms with Crippen LogP contribution in [0.2, 0.25) is 0 Å². The molecule has 2 N–H and O–H groups in total. The molecule has 0 aliphatic carbocycles. The Hall–Kier alpha value is -2.91. The minimum absolute atomic E-state index is 0.117. The third kappa shape index (κ3) is 2.42. The van der Waals surface area contributed by atoms with Gasteiger partial charge in [0.15, 0.2) is 11.2 Å². The van der Waals surface area contributed by atoms with Gasteiger partial charge < -0.3 is 9.88 Å². The van der Waals surface area contributed by atoms with E-state index in [-0.39, 0.29) is 17.7 Å². The topological polar surface area (TPSA) is 120 Å². The molecule has 2 heterocycles. The molecule has 0 spiro atoms. The van der Waals surface area contributed by atoms with Crippen molar-refractivity contribution in [1.82, 2.24) is 29.3 Å². The van der Waals surface area contributed by atoms with Gasteiger partial charge in [0.2, 0.25) is 5.91 Å². The normalized spacial score (nSPS) is 10.6. The van der Waals surface area contributed by atoms with Gasteiger partial charge in [0, 0.05) is 21.1 Å². The third-order valence-corrected chi connectivity index (χ3v) is 3.01. The first-order valence-electron chi connectivity index (χ1n) is 5.99. The first kappa shape index (κ1) is 14.5. The maximum absolute atomic E-state index is 12.1. The fraction of sp³-hybridized carbons (Fsp3) is 0.364. The molecule has 0 aliphatic rings. The maximum Gasteiger partial charge on any atom is 0.332 e. The molecule has 0 radical (unpaired) electrons. The molecule has 2 aromatic heterocycles. The second-order valence-corrected chi connectivity index (χ2v) is 4.38. The van der Waals surface area contributed by atoms with Crippen LogP contribution in [0.1, 0.15) is 0 Å². The number of imidazole rings is 1. The largest absolute Gasteiger partial charge is 0.341 e. The van der Waals surface area contributed by atoms with Gasteiger partial charge in [-0.15, -0.1) is 0 Å². The number of imide groups is 1. The summed E-state index contributed by atoms with van der Waals surface area (Å²) in [7, 11) is 4.19. The molecule has 0 saturated heterocycles. The Bertz CT molecular complexity index is 843. The lowest BCUT2D eigenvalue weighted by molar-refractivity contribution is -0.120. The molecule has 21 heavy (non-hydrogen) atoms. The first-order valence-corrected chi connectivity index (χ1v) is 5.99. The first-order chi connectivity index (χ1) is 9.86. The summed E-state index contributed by atoms with van der Waals surface area (Å²) in [5.41, 5.74) is -0.770. The van der Waals surface area contributed by atoms with Gasteiger partial charge >= 0.3 is 11.7 Å². The number of nitrogens with one attached hydrogen (secondary N) is 2. The van der Waals surface area contributed by atoms with Crippen molar-refractivity contribution in [3.05, 3.63) is 27.2 Å². The molecule has 112 valence electrons. The quantitative estimate of drug-likeness (QED) is 0.656. The standard InChI is InChI=1S/C11H14N6O4/c1-12-10(20)14-6(18)4-17-5-13-8-7(17)9(19)16(3)11(21)15(8)2/h5H,4H2,1-3H3,(H2,12,14,18,20). The minimum Gasteiger partial charge on any atom is -0.341 e. The van der Waals surface area contributed by atoms with E-state index in [9.17, 15) is 19.2 Å². The number of rotatable bonds is 2. The fourth-order valence-electron chi connectivity index (χ4n) is 1.90. The highest BCUT2D eigenvalue weighted by Gasteiger charge is 2.16. The predicted molar refractivity (Wildman–Crippen MR) is 72.8 cm³/mol. The molecule has 0 atom stereocenters. The number of aryl methyl sites for hydroxylation is 1. The summed E-state index contributed by atoms with van der Waals surface area (Å²) in [5, 5.41) is 4.32. The number of nitrogens with zero attached hydrogens (tertiary/aromatic N) is 4. The van der Waals surface area contributed by atoms with Crippen LogP contribution < -0.4 is 21.9 Å². The van der Waals surface area contributed by atoms with E-state index in [0.717, 1.165) is 4.57 Å². The van der Waals surface area contributed by atoms with Crippen molar-refractivity contribution in [3.8, 4) is 0 Å². The van der Waals surface area contributed by atoms with E-state index >= 15 is 0 Å². The number of hydrogen-bond acceptors (Lipinski definition) is 5. The summed E-state index contributed by atoms with van der Waals surface area (Å²) >= 11 is 0. The monoisotopic (exact) mass is 294 g/mol. The van der Waals surface area contributed by atoms with Crippen molar-refractivity contribution >= 4 is 23.1 Å². The molecular weight excluding hydrogens is 280 g/mol.